The van der Waals surface area contributed by atoms with Gasteiger partial charge in [-0.15, -0.1) is 0 Å². The first kappa shape index (κ1) is 19.3. The number of hydrogen-bond donors (Lipinski definition) is 3. The molecule has 0 aliphatic carbocycles. The molecule has 1 amide bonds. The van der Waals surface area contributed by atoms with E-state index in [4.69, 9.17) is 33.0 Å². The van der Waals surface area contributed by atoms with Crippen LogP contribution < -0.4 is 5.32 Å². The number of hydrogen-bond acceptors (Lipinski definition) is 4. The van der Waals surface area contributed by atoms with E-state index in [1.807, 2.05) is 0 Å². The SMILES string of the molecule is O=C(Nc1ccc(F)cc1Cl)c1c(Br)c(Cl)nn1COP(=O)(O)O. The van der Waals surface area contributed by atoms with Crippen LogP contribution in [-0.2, 0) is 15.8 Å². The number of halogens is 4. The van der Waals surface area contributed by atoms with Crippen LogP contribution in [0.5, 0.6) is 0 Å². The predicted octanol–water partition coefficient (Wildman–Crippen LogP) is 3.41. The summed E-state index contributed by atoms with van der Waals surface area (Å²) in [6, 6.07) is 3.35. The molecule has 24 heavy (non-hydrogen) atoms. The summed E-state index contributed by atoms with van der Waals surface area (Å²) >= 11 is 14.7. The molecule has 0 aliphatic rings. The topological polar surface area (TPSA) is 114 Å². The molecule has 1 heterocycles. The second-order valence-electron chi connectivity index (χ2n) is 4.28. The average molecular weight is 463 g/mol. The summed E-state index contributed by atoms with van der Waals surface area (Å²) in [6.45, 7) is -0.727. The number of rotatable bonds is 5. The molecule has 13 heteroatoms. The number of nitrogens with zero attached hydrogens (tertiary/aromatic N) is 2. The van der Waals surface area contributed by atoms with Gasteiger partial charge in [-0.25, -0.2) is 13.6 Å². The fourth-order valence-electron chi connectivity index (χ4n) is 1.62. The molecule has 2 rings (SSSR count). The molecule has 3 N–H and O–H groups in total. The van der Waals surface area contributed by atoms with Crippen molar-refractivity contribution >= 4 is 58.5 Å². The van der Waals surface area contributed by atoms with Crippen LogP contribution in [0.1, 0.15) is 10.5 Å². The molecule has 0 fully saturated rings. The van der Waals surface area contributed by atoms with Crippen molar-refractivity contribution in [2.24, 2.45) is 0 Å². The third-order valence-corrected chi connectivity index (χ3v) is 4.61. The molecule has 130 valence electrons. The lowest BCUT2D eigenvalue weighted by Crippen LogP contribution is -2.19. The lowest BCUT2D eigenvalue weighted by Gasteiger charge is -2.10. The van der Waals surface area contributed by atoms with Crippen molar-refractivity contribution in [3.8, 4) is 0 Å². The zero-order valence-electron chi connectivity index (χ0n) is 11.4. The highest BCUT2D eigenvalue weighted by molar-refractivity contribution is 9.10. The largest absolute Gasteiger partial charge is 0.471 e. The molecular formula is C11H8BrCl2FN3O5P. The van der Waals surface area contributed by atoms with Crippen LogP contribution in [0, 0.1) is 5.82 Å². The molecular weight excluding hydrogens is 455 g/mol. The van der Waals surface area contributed by atoms with Gasteiger partial charge in [0.05, 0.1) is 15.2 Å². The monoisotopic (exact) mass is 461 g/mol. The lowest BCUT2D eigenvalue weighted by atomic mass is 10.3. The molecule has 0 saturated heterocycles. The van der Waals surface area contributed by atoms with Gasteiger partial charge >= 0.3 is 7.82 Å². The van der Waals surface area contributed by atoms with Crippen molar-refractivity contribution in [1.82, 2.24) is 9.78 Å². The van der Waals surface area contributed by atoms with Crippen LogP contribution in [-0.4, -0.2) is 25.5 Å². The van der Waals surface area contributed by atoms with Crippen LogP contribution in [0.15, 0.2) is 22.7 Å². The molecule has 0 saturated carbocycles. The van der Waals surface area contributed by atoms with Crippen molar-refractivity contribution in [1.29, 1.82) is 0 Å². The van der Waals surface area contributed by atoms with E-state index in [0.29, 0.717) is 0 Å². The quantitative estimate of drug-likeness (QED) is 0.587. The van der Waals surface area contributed by atoms with E-state index in [1.54, 1.807) is 0 Å². The molecule has 0 bridgehead atoms. The van der Waals surface area contributed by atoms with Crippen LogP contribution in [0.2, 0.25) is 10.2 Å². The van der Waals surface area contributed by atoms with Gasteiger partial charge in [-0.2, -0.15) is 5.10 Å². The number of benzene rings is 1. The summed E-state index contributed by atoms with van der Waals surface area (Å²) in [5.41, 5.74) is -0.0522. The number of carbonyl (C=O) groups excluding carboxylic acids is 1. The minimum absolute atomic E-state index is 0.0388. The lowest BCUT2D eigenvalue weighted by molar-refractivity contribution is 0.0986. The third kappa shape index (κ3) is 4.76. The van der Waals surface area contributed by atoms with Gasteiger partial charge in [0, 0.05) is 0 Å². The van der Waals surface area contributed by atoms with Crippen molar-refractivity contribution < 1.29 is 28.1 Å². The fourth-order valence-corrected chi connectivity index (χ4v) is 2.74. The normalized spacial score (nSPS) is 11.6. The molecule has 0 aliphatic heterocycles. The molecule has 1 aromatic heterocycles. The molecule has 0 atom stereocenters. The summed E-state index contributed by atoms with van der Waals surface area (Å²) in [5, 5.41) is 5.97. The van der Waals surface area contributed by atoms with Crippen molar-refractivity contribution in [2.75, 3.05) is 5.32 Å². The van der Waals surface area contributed by atoms with Crippen molar-refractivity contribution in [2.45, 2.75) is 6.73 Å². The van der Waals surface area contributed by atoms with E-state index >= 15 is 0 Å². The Labute approximate surface area is 152 Å². The van der Waals surface area contributed by atoms with E-state index in [1.165, 1.54) is 6.07 Å². The van der Waals surface area contributed by atoms with Crippen LogP contribution in [0.3, 0.4) is 0 Å². The summed E-state index contributed by atoms with van der Waals surface area (Å²) in [4.78, 5) is 29.8. The van der Waals surface area contributed by atoms with Crippen molar-refractivity contribution in [3.63, 3.8) is 0 Å². The Bertz CT molecular complexity index is 843. The van der Waals surface area contributed by atoms with Gasteiger partial charge in [-0.3, -0.25) is 9.32 Å². The average Bonchev–Trinajstić information content (AvgIpc) is 2.74. The Kier molecular flexibility index (Phi) is 6.03. The number of phosphoric acid groups is 1. The fraction of sp³-hybridized carbons (Fsp3) is 0.0909. The van der Waals surface area contributed by atoms with E-state index in [9.17, 15) is 13.8 Å². The zero-order chi connectivity index (χ0) is 18.1. The Balaban J connectivity index is 2.29. The van der Waals surface area contributed by atoms with E-state index in [2.05, 4.69) is 30.9 Å². The van der Waals surface area contributed by atoms with Gasteiger partial charge < -0.3 is 15.1 Å². The van der Waals surface area contributed by atoms with Gasteiger partial charge in [0.25, 0.3) is 5.91 Å². The predicted molar refractivity (Wildman–Crippen MR) is 87.4 cm³/mol. The van der Waals surface area contributed by atoms with Crippen LogP contribution in [0.4, 0.5) is 10.1 Å². The van der Waals surface area contributed by atoms with Gasteiger partial charge in [0.15, 0.2) is 11.9 Å². The number of carbonyl (C=O) groups is 1. The minimum atomic E-state index is -4.78. The second kappa shape index (κ2) is 7.49. The Hall–Kier alpha value is -1.000. The highest BCUT2D eigenvalue weighted by atomic mass is 79.9. The minimum Gasteiger partial charge on any atom is -0.319 e. The summed E-state index contributed by atoms with van der Waals surface area (Å²) in [7, 11) is -4.78. The van der Waals surface area contributed by atoms with Gasteiger partial charge in [0.2, 0.25) is 0 Å². The number of phosphoric ester groups is 1. The Morgan fingerprint density at radius 2 is 2.12 bits per heavy atom. The Morgan fingerprint density at radius 3 is 2.71 bits per heavy atom. The van der Waals surface area contributed by atoms with Crippen LogP contribution >= 0.6 is 47.0 Å². The number of aromatic nitrogens is 2. The molecule has 0 unspecified atom stereocenters. The number of amides is 1. The molecule has 8 nitrogen and oxygen atoms in total. The highest BCUT2D eigenvalue weighted by Crippen LogP contribution is 2.37. The van der Waals surface area contributed by atoms with Gasteiger partial charge in [-0.05, 0) is 34.1 Å². The maximum atomic E-state index is 13.0. The molecule has 0 radical (unpaired) electrons. The molecule has 1 aromatic carbocycles. The molecule has 2 aromatic rings. The summed E-state index contributed by atoms with van der Waals surface area (Å²) in [5.74, 6) is -1.34. The molecule has 0 spiro atoms. The number of nitrogens with one attached hydrogen (secondary N) is 1. The van der Waals surface area contributed by atoms with Gasteiger partial charge in [0.1, 0.15) is 11.5 Å². The standard InChI is InChI=1S/C11H8BrCl2FN3O5P/c12-8-9(18(17-10(8)14)4-23-24(20,21)22)11(19)16-7-2-1-5(15)3-6(7)13/h1-3H,4H2,(H,16,19)(H2,20,21,22). The zero-order valence-corrected chi connectivity index (χ0v) is 15.4. The first-order chi connectivity index (χ1) is 11.1. The van der Waals surface area contributed by atoms with Crippen LogP contribution in [0.25, 0.3) is 0 Å². The summed E-state index contributed by atoms with van der Waals surface area (Å²) < 4.78 is 29.0. The third-order valence-electron chi connectivity index (χ3n) is 2.60. The Morgan fingerprint density at radius 1 is 1.46 bits per heavy atom. The smallest absolute Gasteiger partial charge is 0.319 e. The maximum Gasteiger partial charge on any atom is 0.471 e. The second-order valence-corrected chi connectivity index (χ2v) is 7.08. The van der Waals surface area contributed by atoms with E-state index in [-0.39, 0.29) is 26.0 Å². The van der Waals surface area contributed by atoms with E-state index < -0.39 is 26.3 Å². The first-order valence-corrected chi connectivity index (χ1v) is 9.04. The van der Waals surface area contributed by atoms with Crippen molar-refractivity contribution in [3.05, 3.63) is 44.4 Å². The number of anilines is 1. The summed E-state index contributed by atoms with van der Waals surface area (Å²) in [6.07, 6.45) is 0. The van der Waals surface area contributed by atoms with Gasteiger partial charge in [-0.1, -0.05) is 23.2 Å². The highest BCUT2D eigenvalue weighted by Gasteiger charge is 2.24. The maximum absolute atomic E-state index is 13.0. The van der Waals surface area contributed by atoms with E-state index in [0.717, 1.165) is 16.8 Å². The first-order valence-electron chi connectivity index (χ1n) is 5.97.